The monoisotopic (exact) mass is 154 g/mol. The molecule has 0 saturated carbocycles. The quantitative estimate of drug-likeness (QED) is 0.487. The SMILES string of the molecule is C=CCC/C=C(\C)C(C)(C)O. The van der Waals surface area contributed by atoms with E-state index in [9.17, 15) is 5.11 Å². The van der Waals surface area contributed by atoms with Crippen LogP contribution in [0.25, 0.3) is 0 Å². The first-order valence-corrected chi connectivity index (χ1v) is 3.99. The Morgan fingerprint density at radius 3 is 2.36 bits per heavy atom. The molecule has 0 aromatic heterocycles. The second kappa shape index (κ2) is 4.35. The third-order valence-electron chi connectivity index (χ3n) is 1.79. The Hall–Kier alpha value is -0.560. The van der Waals surface area contributed by atoms with Crippen LogP contribution in [-0.2, 0) is 0 Å². The molecule has 0 aromatic rings. The van der Waals surface area contributed by atoms with Crippen molar-refractivity contribution in [3.63, 3.8) is 0 Å². The molecule has 0 aliphatic carbocycles. The first-order valence-electron chi connectivity index (χ1n) is 3.99. The number of unbranched alkanes of at least 4 members (excludes halogenated alkanes) is 1. The number of allylic oxidation sites excluding steroid dienone is 2. The van der Waals surface area contributed by atoms with Gasteiger partial charge in [-0.1, -0.05) is 12.2 Å². The Morgan fingerprint density at radius 1 is 1.45 bits per heavy atom. The van der Waals surface area contributed by atoms with E-state index in [-0.39, 0.29) is 0 Å². The number of rotatable bonds is 4. The molecule has 64 valence electrons. The van der Waals surface area contributed by atoms with E-state index in [0.29, 0.717) is 0 Å². The molecule has 0 atom stereocenters. The lowest BCUT2D eigenvalue weighted by molar-refractivity contribution is 0.119. The minimum Gasteiger partial charge on any atom is -0.386 e. The van der Waals surface area contributed by atoms with E-state index in [0.717, 1.165) is 18.4 Å². The molecule has 11 heavy (non-hydrogen) atoms. The lowest BCUT2D eigenvalue weighted by atomic mass is 9.99. The molecule has 0 aliphatic heterocycles. The normalized spacial score (nSPS) is 13.3. The smallest absolute Gasteiger partial charge is 0.0798 e. The first kappa shape index (κ1) is 10.4. The summed E-state index contributed by atoms with van der Waals surface area (Å²) >= 11 is 0. The molecule has 0 unspecified atom stereocenters. The van der Waals surface area contributed by atoms with E-state index in [2.05, 4.69) is 12.7 Å². The van der Waals surface area contributed by atoms with Crippen LogP contribution in [0.3, 0.4) is 0 Å². The average Bonchev–Trinajstić information content (AvgIpc) is 1.86. The Labute approximate surface area is 69.4 Å². The molecule has 0 aliphatic rings. The van der Waals surface area contributed by atoms with Crippen molar-refractivity contribution in [1.29, 1.82) is 0 Å². The van der Waals surface area contributed by atoms with Crippen LogP contribution < -0.4 is 0 Å². The van der Waals surface area contributed by atoms with Gasteiger partial charge in [-0.25, -0.2) is 0 Å². The Morgan fingerprint density at radius 2 is 2.00 bits per heavy atom. The molecular formula is C10H18O. The molecule has 1 N–H and O–H groups in total. The summed E-state index contributed by atoms with van der Waals surface area (Å²) in [6, 6.07) is 0. The zero-order valence-corrected chi connectivity index (χ0v) is 7.72. The Bertz CT molecular complexity index is 149. The van der Waals surface area contributed by atoms with Crippen LogP contribution in [0.5, 0.6) is 0 Å². The maximum Gasteiger partial charge on any atom is 0.0798 e. The summed E-state index contributed by atoms with van der Waals surface area (Å²) in [5.41, 5.74) is 0.362. The van der Waals surface area contributed by atoms with Crippen molar-refractivity contribution in [2.45, 2.75) is 39.2 Å². The lowest BCUT2D eigenvalue weighted by Gasteiger charge is -2.17. The summed E-state index contributed by atoms with van der Waals surface area (Å²) in [4.78, 5) is 0. The van der Waals surface area contributed by atoms with Crippen molar-refractivity contribution in [3.8, 4) is 0 Å². The molecule has 0 saturated heterocycles. The van der Waals surface area contributed by atoms with Gasteiger partial charge in [0.2, 0.25) is 0 Å². The van der Waals surface area contributed by atoms with Crippen molar-refractivity contribution in [2.75, 3.05) is 0 Å². The largest absolute Gasteiger partial charge is 0.386 e. The number of hydrogen-bond acceptors (Lipinski definition) is 1. The predicted octanol–water partition coefficient (Wildman–Crippen LogP) is 2.67. The highest BCUT2D eigenvalue weighted by Crippen LogP contribution is 2.15. The summed E-state index contributed by atoms with van der Waals surface area (Å²) in [5.74, 6) is 0. The summed E-state index contributed by atoms with van der Waals surface area (Å²) in [6.07, 6.45) is 5.89. The van der Waals surface area contributed by atoms with E-state index >= 15 is 0 Å². The third kappa shape index (κ3) is 4.79. The lowest BCUT2D eigenvalue weighted by Crippen LogP contribution is -2.19. The fourth-order valence-corrected chi connectivity index (χ4v) is 0.667. The van der Waals surface area contributed by atoms with Crippen LogP contribution in [0.1, 0.15) is 33.6 Å². The van der Waals surface area contributed by atoms with Crippen LogP contribution in [0, 0.1) is 0 Å². The van der Waals surface area contributed by atoms with Crippen LogP contribution in [0.4, 0.5) is 0 Å². The molecule has 0 fully saturated rings. The second-order valence-corrected chi connectivity index (χ2v) is 3.31. The first-order chi connectivity index (χ1) is 4.98. The predicted molar refractivity (Wildman–Crippen MR) is 49.5 cm³/mol. The van der Waals surface area contributed by atoms with Crippen LogP contribution in [0.15, 0.2) is 24.3 Å². The highest BCUT2D eigenvalue weighted by Gasteiger charge is 2.13. The fraction of sp³-hybridized carbons (Fsp3) is 0.600. The van der Waals surface area contributed by atoms with Gasteiger partial charge < -0.3 is 5.11 Å². The number of aliphatic hydroxyl groups is 1. The van der Waals surface area contributed by atoms with Gasteiger partial charge in [0.05, 0.1) is 5.60 Å². The van der Waals surface area contributed by atoms with E-state index in [1.54, 1.807) is 13.8 Å². The Kier molecular flexibility index (Phi) is 4.12. The molecule has 0 radical (unpaired) electrons. The van der Waals surface area contributed by atoms with E-state index < -0.39 is 5.60 Å². The van der Waals surface area contributed by atoms with Gasteiger partial charge in [0.25, 0.3) is 0 Å². The average molecular weight is 154 g/mol. The van der Waals surface area contributed by atoms with Crippen molar-refractivity contribution in [1.82, 2.24) is 0 Å². The van der Waals surface area contributed by atoms with Gasteiger partial charge in [-0.15, -0.1) is 6.58 Å². The van der Waals surface area contributed by atoms with Crippen molar-refractivity contribution < 1.29 is 5.11 Å². The van der Waals surface area contributed by atoms with E-state index in [1.807, 2.05) is 13.0 Å². The van der Waals surface area contributed by atoms with Gasteiger partial charge in [-0.05, 0) is 39.2 Å². The molecule has 0 heterocycles. The zero-order valence-electron chi connectivity index (χ0n) is 7.72. The van der Waals surface area contributed by atoms with Crippen molar-refractivity contribution in [2.24, 2.45) is 0 Å². The minimum absolute atomic E-state index is 0.666. The standard InChI is InChI=1S/C10H18O/c1-5-6-7-8-9(2)10(3,4)11/h5,8,11H,1,6-7H2,2-4H3/b9-8+. The minimum atomic E-state index is -0.666. The third-order valence-corrected chi connectivity index (χ3v) is 1.79. The molecule has 0 aromatic carbocycles. The van der Waals surface area contributed by atoms with Crippen LogP contribution in [-0.4, -0.2) is 10.7 Å². The fourth-order valence-electron chi connectivity index (χ4n) is 0.667. The Balaban J connectivity index is 3.90. The van der Waals surface area contributed by atoms with Gasteiger partial charge in [0.1, 0.15) is 0 Å². The highest BCUT2D eigenvalue weighted by molar-refractivity contribution is 5.10. The van der Waals surface area contributed by atoms with Crippen LogP contribution in [0.2, 0.25) is 0 Å². The molecule has 1 heteroatoms. The second-order valence-electron chi connectivity index (χ2n) is 3.31. The van der Waals surface area contributed by atoms with Gasteiger partial charge in [0, 0.05) is 0 Å². The van der Waals surface area contributed by atoms with Crippen molar-refractivity contribution >= 4 is 0 Å². The van der Waals surface area contributed by atoms with E-state index in [1.165, 1.54) is 0 Å². The van der Waals surface area contributed by atoms with Crippen molar-refractivity contribution in [3.05, 3.63) is 24.3 Å². The topological polar surface area (TPSA) is 20.2 Å². The molecule has 0 spiro atoms. The maximum atomic E-state index is 9.49. The number of hydrogen-bond donors (Lipinski definition) is 1. The molecule has 1 nitrogen and oxygen atoms in total. The van der Waals surface area contributed by atoms with Crippen LogP contribution >= 0.6 is 0 Å². The molecular weight excluding hydrogens is 136 g/mol. The summed E-state index contributed by atoms with van der Waals surface area (Å²) < 4.78 is 0. The molecule has 0 bridgehead atoms. The van der Waals surface area contributed by atoms with Gasteiger partial charge >= 0.3 is 0 Å². The molecule has 0 rings (SSSR count). The maximum absolute atomic E-state index is 9.49. The molecule has 0 amide bonds. The van der Waals surface area contributed by atoms with Gasteiger partial charge in [0.15, 0.2) is 0 Å². The summed E-state index contributed by atoms with van der Waals surface area (Å²) in [5, 5.41) is 9.49. The highest BCUT2D eigenvalue weighted by atomic mass is 16.3. The van der Waals surface area contributed by atoms with E-state index in [4.69, 9.17) is 0 Å². The zero-order chi connectivity index (χ0) is 8.91. The van der Waals surface area contributed by atoms with Gasteiger partial charge in [-0.3, -0.25) is 0 Å². The summed E-state index contributed by atoms with van der Waals surface area (Å²) in [6.45, 7) is 9.17. The summed E-state index contributed by atoms with van der Waals surface area (Å²) in [7, 11) is 0. The van der Waals surface area contributed by atoms with Gasteiger partial charge in [-0.2, -0.15) is 0 Å².